The van der Waals surface area contributed by atoms with E-state index in [1.165, 1.54) is 13.4 Å². The van der Waals surface area contributed by atoms with Gasteiger partial charge in [-0.15, -0.1) is 0 Å². The van der Waals surface area contributed by atoms with E-state index >= 15 is 0 Å². The number of nitrogens with one attached hydrogen (secondary N) is 2. The summed E-state index contributed by atoms with van der Waals surface area (Å²) in [6, 6.07) is 9.19. The molecule has 9 nitrogen and oxygen atoms in total. The molecule has 1 saturated heterocycles. The molecule has 1 unspecified atom stereocenters. The molecule has 3 amide bonds. The van der Waals surface area contributed by atoms with Crippen molar-refractivity contribution in [2.24, 2.45) is 0 Å². The molecule has 1 fully saturated rings. The van der Waals surface area contributed by atoms with E-state index in [9.17, 15) is 14.4 Å². The summed E-state index contributed by atoms with van der Waals surface area (Å²) < 4.78 is 10.2. The van der Waals surface area contributed by atoms with Gasteiger partial charge in [-0.3, -0.25) is 9.69 Å². The number of carbonyl (C=O) groups excluding carboxylic acids is 3. The minimum absolute atomic E-state index is 0.155. The van der Waals surface area contributed by atoms with Crippen molar-refractivity contribution in [2.75, 3.05) is 39.8 Å². The van der Waals surface area contributed by atoms with Gasteiger partial charge in [0.25, 0.3) is 5.91 Å². The first-order valence-corrected chi connectivity index (χ1v) is 10.5. The zero-order valence-electron chi connectivity index (χ0n) is 17.5. The van der Waals surface area contributed by atoms with Crippen LogP contribution in [0.25, 0.3) is 0 Å². The molecule has 1 aromatic heterocycles. The number of carbonyl (C=O) groups is 3. The second kappa shape index (κ2) is 9.46. The SMILES string of the molecule is COC(=O)C1=C(CN2CCN(C(=O)c3ccco3)CC2)NC(=O)NC1c1ccccc1Cl. The number of piperazine rings is 1. The molecule has 1 atom stereocenters. The molecule has 32 heavy (non-hydrogen) atoms. The van der Waals surface area contributed by atoms with Gasteiger partial charge in [0, 0.05) is 43.4 Å². The van der Waals surface area contributed by atoms with Gasteiger partial charge in [-0.1, -0.05) is 29.8 Å². The van der Waals surface area contributed by atoms with Gasteiger partial charge in [-0.2, -0.15) is 0 Å². The van der Waals surface area contributed by atoms with Crippen molar-refractivity contribution < 1.29 is 23.5 Å². The van der Waals surface area contributed by atoms with E-state index in [-0.39, 0.29) is 5.91 Å². The molecular weight excluding hydrogens is 436 g/mol. The summed E-state index contributed by atoms with van der Waals surface area (Å²) >= 11 is 6.34. The lowest BCUT2D eigenvalue weighted by atomic mass is 9.95. The van der Waals surface area contributed by atoms with Crippen molar-refractivity contribution in [3.63, 3.8) is 0 Å². The van der Waals surface area contributed by atoms with E-state index in [0.29, 0.717) is 60.3 Å². The number of methoxy groups -OCH3 is 1. The molecule has 168 valence electrons. The van der Waals surface area contributed by atoms with Crippen LogP contribution in [-0.4, -0.2) is 67.5 Å². The number of amides is 3. The average Bonchev–Trinajstić information content (AvgIpc) is 3.34. The van der Waals surface area contributed by atoms with E-state index < -0.39 is 18.0 Å². The molecule has 0 spiro atoms. The number of urea groups is 1. The lowest BCUT2D eigenvalue weighted by molar-refractivity contribution is -0.136. The Balaban J connectivity index is 1.54. The molecule has 10 heteroatoms. The molecule has 0 radical (unpaired) electrons. The van der Waals surface area contributed by atoms with Crippen LogP contribution < -0.4 is 10.6 Å². The fourth-order valence-electron chi connectivity index (χ4n) is 3.92. The van der Waals surface area contributed by atoms with Gasteiger partial charge in [0.1, 0.15) is 0 Å². The maximum Gasteiger partial charge on any atom is 0.338 e. The Bertz CT molecular complexity index is 1040. The third-order valence-corrected chi connectivity index (χ3v) is 5.89. The maximum atomic E-state index is 12.7. The van der Waals surface area contributed by atoms with Crippen LogP contribution in [-0.2, 0) is 9.53 Å². The highest BCUT2D eigenvalue weighted by Crippen LogP contribution is 2.32. The Hall–Kier alpha value is -3.30. The number of halogens is 1. The molecule has 0 aliphatic carbocycles. The van der Waals surface area contributed by atoms with Gasteiger partial charge in [-0.05, 0) is 23.8 Å². The summed E-state index contributed by atoms with van der Waals surface area (Å²) in [6.07, 6.45) is 1.47. The van der Waals surface area contributed by atoms with Crippen molar-refractivity contribution in [3.8, 4) is 0 Å². The minimum Gasteiger partial charge on any atom is -0.466 e. The monoisotopic (exact) mass is 458 g/mol. The third kappa shape index (κ3) is 4.49. The molecule has 2 aliphatic rings. The molecular formula is C22H23ClN4O5. The second-order valence-corrected chi connectivity index (χ2v) is 7.89. The molecule has 2 aromatic rings. The van der Waals surface area contributed by atoms with Crippen LogP contribution in [0.4, 0.5) is 4.79 Å². The van der Waals surface area contributed by atoms with Crippen molar-refractivity contribution in [3.05, 3.63) is 70.3 Å². The van der Waals surface area contributed by atoms with Crippen LogP contribution in [0.1, 0.15) is 22.2 Å². The number of benzene rings is 1. The predicted octanol–water partition coefficient (Wildman–Crippen LogP) is 2.17. The van der Waals surface area contributed by atoms with Crippen LogP contribution in [0.2, 0.25) is 5.02 Å². The smallest absolute Gasteiger partial charge is 0.338 e. The van der Waals surface area contributed by atoms with E-state index in [1.54, 1.807) is 41.3 Å². The number of rotatable bonds is 5. The quantitative estimate of drug-likeness (QED) is 0.665. The fourth-order valence-corrected chi connectivity index (χ4v) is 4.17. The zero-order valence-corrected chi connectivity index (χ0v) is 18.2. The molecule has 2 aliphatic heterocycles. The first kappa shape index (κ1) is 21.9. The molecule has 1 aromatic carbocycles. The number of hydrogen-bond donors (Lipinski definition) is 2. The van der Waals surface area contributed by atoms with Crippen molar-refractivity contribution in [1.29, 1.82) is 0 Å². The van der Waals surface area contributed by atoms with Crippen LogP contribution in [0, 0.1) is 0 Å². The number of nitrogens with zero attached hydrogens (tertiary/aromatic N) is 2. The molecule has 0 saturated carbocycles. The predicted molar refractivity (Wildman–Crippen MR) is 116 cm³/mol. The van der Waals surface area contributed by atoms with Crippen molar-refractivity contribution in [1.82, 2.24) is 20.4 Å². The average molecular weight is 459 g/mol. The summed E-state index contributed by atoms with van der Waals surface area (Å²) in [4.78, 5) is 41.4. The molecule has 2 N–H and O–H groups in total. The zero-order chi connectivity index (χ0) is 22.7. The Kier molecular flexibility index (Phi) is 6.48. The Morgan fingerprint density at radius 2 is 1.91 bits per heavy atom. The van der Waals surface area contributed by atoms with Crippen LogP contribution >= 0.6 is 11.6 Å². The van der Waals surface area contributed by atoms with Gasteiger partial charge < -0.3 is 24.7 Å². The first-order chi connectivity index (χ1) is 15.5. The van der Waals surface area contributed by atoms with Crippen molar-refractivity contribution >= 4 is 29.5 Å². The minimum atomic E-state index is -0.735. The highest BCUT2D eigenvalue weighted by molar-refractivity contribution is 6.31. The lowest BCUT2D eigenvalue weighted by Gasteiger charge is -2.36. The second-order valence-electron chi connectivity index (χ2n) is 7.48. The number of esters is 1. The Morgan fingerprint density at radius 3 is 2.56 bits per heavy atom. The number of ether oxygens (including phenoxy) is 1. The van der Waals surface area contributed by atoms with Gasteiger partial charge in [0.2, 0.25) is 0 Å². The van der Waals surface area contributed by atoms with Crippen LogP contribution in [0.15, 0.2) is 58.3 Å². The highest BCUT2D eigenvalue weighted by Gasteiger charge is 2.35. The van der Waals surface area contributed by atoms with Gasteiger partial charge in [0.15, 0.2) is 5.76 Å². The Labute approximate surface area is 189 Å². The molecule has 3 heterocycles. The maximum absolute atomic E-state index is 12.7. The topological polar surface area (TPSA) is 104 Å². The Morgan fingerprint density at radius 1 is 1.16 bits per heavy atom. The lowest BCUT2D eigenvalue weighted by Crippen LogP contribution is -2.52. The van der Waals surface area contributed by atoms with Crippen LogP contribution in [0.5, 0.6) is 0 Å². The first-order valence-electron chi connectivity index (χ1n) is 10.2. The van der Waals surface area contributed by atoms with E-state index in [2.05, 4.69) is 15.5 Å². The molecule has 0 bridgehead atoms. The third-order valence-electron chi connectivity index (χ3n) is 5.55. The van der Waals surface area contributed by atoms with Gasteiger partial charge in [0.05, 0.1) is 25.0 Å². The number of furan rings is 1. The normalized spacial score (nSPS) is 19.4. The summed E-state index contributed by atoms with van der Waals surface area (Å²) in [5.74, 6) is -0.399. The van der Waals surface area contributed by atoms with E-state index in [0.717, 1.165) is 0 Å². The largest absolute Gasteiger partial charge is 0.466 e. The van der Waals surface area contributed by atoms with Crippen molar-refractivity contribution in [2.45, 2.75) is 6.04 Å². The number of hydrogen-bond acceptors (Lipinski definition) is 6. The van der Waals surface area contributed by atoms with Crippen LogP contribution in [0.3, 0.4) is 0 Å². The summed E-state index contributed by atoms with van der Waals surface area (Å²) in [6.45, 7) is 2.47. The summed E-state index contributed by atoms with van der Waals surface area (Å²) in [5, 5.41) is 5.96. The van der Waals surface area contributed by atoms with Gasteiger partial charge >= 0.3 is 12.0 Å². The van der Waals surface area contributed by atoms with E-state index in [4.69, 9.17) is 20.8 Å². The van der Waals surface area contributed by atoms with Gasteiger partial charge in [-0.25, -0.2) is 9.59 Å². The summed E-state index contributed by atoms with van der Waals surface area (Å²) in [5.41, 5.74) is 1.36. The van der Waals surface area contributed by atoms with E-state index in [1.807, 2.05) is 0 Å². The fraction of sp³-hybridized carbons (Fsp3) is 0.318. The molecule has 4 rings (SSSR count). The summed E-state index contributed by atoms with van der Waals surface area (Å²) in [7, 11) is 1.30. The standard InChI is InChI=1S/C22H23ClN4O5/c1-31-21(29)18-16(24-22(30)25-19(18)14-5-2-3-6-15(14)23)13-26-8-10-27(11-9-26)20(28)17-7-4-12-32-17/h2-7,12,19H,8-11,13H2,1H3,(H2,24,25,30). The highest BCUT2D eigenvalue weighted by atomic mass is 35.5.